The Labute approximate surface area is 114 Å². The lowest BCUT2D eigenvalue weighted by Crippen LogP contribution is -2.20. The van der Waals surface area contributed by atoms with E-state index in [4.69, 9.17) is 0 Å². The van der Waals surface area contributed by atoms with E-state index < -0.39 is 0 Å². The number of carbonyl (C=O) groups is 1. The third kappa shape index (κ3) is 2.20. The van der Waals surface area contributed by atoms with Gasteiger partial charge in [-0.1, -0.05) is 18.6 Å². The lowest BCUT2D eigenvalue weighted by molar-refractivity contribution is -0.124. The summed E-state index contributed by atoms with van der Waals surface area (Å²) in [7, 11) is 0. The molecule has 1 aliphatic carbocycles. The summed E-state index contributed by atoms with van der Waals surface area (Å²) in [5.41, 5.74) is 5.14. The number of aromatic nitrogens is 1. The highest BCUT2D eigenvalue weighted by atomic mass is 16.1. The fourth-order valence-corrected chi connectivity index (χ4v) is 3.34. The molecular weight excluding hydrogens is 234 g/mol. The maximum Gasteiger partial charge on any atom is 0.136 e. The number of nitrogens with one attached hydrogen (secondary N) is 1. The van der Waals surface area contributed by atoms with Crippen molar-refractivity contribution in [3.8, 4) is 0 Å². The van der Waals surface area contributed by atoms with Gasteiger partial charge < -0.3 is 4.98 Å². The maximum absolute atomic E-state index is 12.0. The molecule has 1 aliphatic rings. The second-order valence-corrected chi connectivity index (χ2v) is 5.88. The highest BCUT2D eigenvalue weighted by Gasteiger charge is 2.23. The minimum atomic E-state index is 0.243. The molecule has 1 fully saturated rings. The van der Waals surface area contributed by atoms with Gasteiger partial charge in [0.2, 0.25) is 0 Å². The molecule has 1 aromatic carbocycles. The first kappa shape index (κ1) is 12.5. The number of fused-ring (bicyclic) bond motifs is 1. The molecule has 2 aromatic rings. The van der Waals surface area contributed by atoms with Crippen molar-refractivity contribution >= 4 is 16.7 Å². The first-order chi connectivity index (χ1) is 9.16. The molecule has 0 amide bonds. The van der Waals surface area contributed by atoms with Crippen molar-refractivity contribution in [2.75, 3.05) is 0 Å². The van der Waals surface area contributed by atoms with Crippen LogP contribution in [-0.4, -0.2) is 10.8 Å². The van der Waals surface area contributed by atoms with Crippen molar-refractivity contribution in [3.63, 3.8) is 0 Å². The van der Waals surface area contributed by atoms with Gasteiger partial charge in [0, 0.05) is 29.4 Å². The van der Waals surface area contributed by atoms with E-state index in [-0.39, 0.29) is 5.92 Å². The molecule has 2 nitrogen and oxygen atoms in total. The van der Waals surface area contributed by atoms with Crippen molar-refractivity contribution in [1.29, 1.82) is 0 Å². The summed E-state index contributed by atoms with van der Waals surface area (Å²) in [5, 5.41) is 1.33. The van der Waals surface area contributed by atoms with Gasteiger partial charge in [-0.25, -0.2) is 0 Å². The van der Waals surface area contributed by atoms with Crippen LogP contribution in [-0.2, 0) is 11.2 Å². The normalized spacial score (nSPS) is 20.1. The minimum absolute atomic E-state index is 0.243. The molecule has 0 radical (unpaired) electrons. The van der Waals surface area contributed by atoms with Crippen molar-refractivity contribution < 1.29 is 4.79 Å². The molecule has 1 aromatic heterocycles. The summed E-state index contributed by atoms with van der Waals surface area (Å²) in [5.74, 6) is 0.707. The van der Waals surface area contributed by atoms with Crippen LogP contribution in [0.15, 0.2) is 18.3 Å². The molecule has 2 heteroatoms. The smallest absolute Gasteiger partial charge is 0.136 e. The van der Waals surface area contributed by atoms with Crippen LogP contribution in [0.25, 0.3) is 10.9 Å². The lowest BCUT2D eigenvalue weighted by atomic mass is 9.83. The van der Waals surface area contributed by atoms with Crippen LogP contribution in [0.1, 0.15) is 42.4 Å². The van der Waals surface area contributed by atoms with Crippen LogP contribution in [0.4, 0.5) is 0 Å². The van der Waals surface area contributed by atoms with Gasteiger partial charge in [0.1, 0.15) is 5.78 Å². The number of rotatable bonds is 2. The van der Waals surface area contributed by atoms with E-state index in [9.17, 15) is 4.79 Å². The van der Waals surface area contributed by atoms with Gasteiger partial charge in [-0.3, -0.25) is 4.79 Å². The fraction of sp³-hybridized carbons (Fsp3) is 0.471. The molecule has 0 spiro atoms. The van der Waals surface area contributed by atoms with E-state index in [2.05, 4.69) is 37.2 Å². The standard InChI is InChI=1S/C17H21NO/c1-11-7-8-12(2)17-16(11)14(10-18-17)9-13-5-3-4-6-15(13)19/h7-8,10,13,18H,3-6,9H2,1-2H3. The quantitative estimate of drug-likeness (QED) is 0.861. The van der Waals surface area contributed by atoms with Gasteiger partial charge in [-0.2, -0.15) is 0 Å². The summed E-state index contributed by atoms with van der Waals surface area (Å²) in [4.78, 5) is 15.4. The van der Waals surface area contributed by atoms with Crippen molar-refractivity contribution in [3.05, 3.63) is 35.0 Å². The van der Waals surface area contributed by atoms with Crippen LogP contribution in [0, 0.1) is 19.8 Å². The number of H-pyrrole nitrogens is 1. The second-order valence-electron chi connectivity index (χ2n) is 5.88. The molecule has 1 atom stereocenters. The molecule has 1 heterocycles. The van der Waals surface area contributed by atoms with Crippen molar-refractivity contribution in [2.24, 2.45) is 5.92 Å². The van der Waals surface area contributed by atoms with E-state index in [0.717, 1.165) is 25.7 Å². The average molecular weight is 255 g/mol. The Morgan fingerprint density at radius 1 is 1.21 bits per heavy atom. The number of Topliss-reactive ketones (excluding diaryl/α,β-unsaturated/α-hetero) is 1. The molecule has 1 unspecified atom stereocenters. The van der Waals surface area contributed by atoms with Crippen molar-refractivity contribution in [1.82, 2.24) is 4.98 Å². The first-order valence-electron chi connectivity index (χ1n) is 7.25. The number of aromatic amines is 1. The van der Waals surface area contributed by atoms with Crippen LogP contribution < -0.4 is 0 Å². The molecule has 1 saturated carbocycles. The second kappa shape index (κ2) is 4.84. The Morgan fingerprint density at radius 2 is 2.00 bits per heavy atom. The molecule has 100 valence electrons. The van der Waals surface area contributed by atoms with Crippen molar-refractivity contribution in [2.45, 2.75) is 46.0 Å². The van der Waals surface area contributed by atoms with E-state index >= 15 is 0 Å². The van der Waals surface area contributed by atoms with Gasteiger partial charge in [-0.05, 0) is 49.8 Å². The fourth-order valence-electron chi connectivity index (χ4n) is 3.34. The highest BCUT2D eigenvalue weighted by molar-refractivity contribution is 5.90. The molecule has 1 N–H and O–H groups in total. The number of hydrogen-bond acceptors (Lipinski definition) is 1. The number of benzene rings is 1. The van der Waals surface area contributed by atoms with Gasteiger partial charge in [0.15, 0.2) is 0 Å². The number of hydrogen-bond donors (Lipinski definition) is 1. The zero-order chi connectivity index (χ0) is 13.4. The van der Waals surface area contributed by atoms with Gasteiger partial charge in [0.25, 0.3) is 0 Å². The Hall–Kier alpha value is -1.57. The lowest BCUT2D eigenvalue weighted by Gasteiger charge is -2.20. The minimum Gasteiger partial charge on any atom is -0.361 e. The largest absolute Gasteiger partial charge is 0.361 e. The summed E-state index contributed by atoms with van der Waals surface area (Å²) >= 11 is 0. The molecule has 0 bridgehead atoms. The third-order valence-corrected chi connectivity index (χ3v) is 4.48. The predicted molar refractivity (Wildman–Crippen MR) is 78.4 cm³/mol. The number of carbonyl (C=O) groups excluding carboxylic acids is 1. The van der Waals surface area contributed by atoms with E-state index in [0.29, 0.717) is 5.78 Å². The third-order valence-electron chi connectivity index (χ3n) is 4.48. The average Bonchev–Trinajstić information content (AvgIpc) is 2.82. The summed E-state index contributed by atoms with van der Waals surface area (Å²) in [6, 6.07) is 4.33. The number of aryl methyl sites for hydroxylation is 2. The number of ketones is 1. The van der Waals surface area contributed by atoms with Crippen LogP contribution in [0.5, 0.6) is 0 Å². The predicted octanol–water partition coefficient (Wildman–Crippen LogP) is 4.09. The Bertz CT molecular complexity index is 623. The van der Waals surface area contributed by atoms with Crippen LogP contribution in [0.2, 0.25) is 0 Å². The molecule has 0 aliphatic heterocycles. The van der Waals surface area contributed by atoms with Gasteiger partial charge in [0.05, 0.1) is 0 Å². The SMILES string of the molecule is Cc1ccc(C)c2c(CC3CCCCC3=O)c[nH]c12. The van der Waals surface area contributed by atoms with Crippen LogP contribution >= 0.6 is 0 Å². The first-order valence-corrected chi connectivity index (χ1v) is 7.25. The Balaban J connectivity index is 1.97. The van der Waals surface area contributed by atoms with Gasteiger partial charge in [-0.15, -0.1) is 0 Å². The zero-order valence-electron chi connectivity index (χ0n) is 11.8. The summed E-state index contributed by atoms with van der Waals surface area (Å²) in [6.07, 6.45) is 7.15. The molecule has 0 saturated heterocycles. The topological polar surface area (TPSA) is 32.9 Å². The molecule has 19 heavy (non-hydrogen) atoms. The summed E-state index contributed by atoms with van der Waals surface area (Å²) in [6.45, 7) is 4.29. The Kier molecular flexibility index (Phi) is 3.17. The molecule has 3 rings (SSSR count). The maximum atomic E-state index is 12.0. The van der Waals surface area contributed by atoms with E-state index in [1.54, 1.807) is 0 Å². The monoisotopic (exact) mass is 255 g/mol. The van der Waals surface area contributed by atoms with Crippen LogP contribution in [0.3, 0.4) is 0 Å². The zero-order valence-corrected chi connectivity index (χ0v) is 11.8. The van der Waals surface area contributed by atoms with E-state index in [1.807, 2.05) is 0 Å². The van der Waals surface area contributed by atoms with Gasteiger partial charge >= 0.3 is 0 Å². The summed E-state index contributed by atoms with van der Waals surface area (Å²) < 4.78 is 0. The van der Waals surface area contributed by atoms with E-state index in [1.165, 1.54) is 34.0 Å². The molecular formula is C17H21NO. The Morgan fingerprint density at radius 3 is 2.79 bits per heavy atom. The highest BCUT2D eigenvalue weighted by Crippen LogP contribution is 2.30.